The van der Waals surface area contributed by atoms with Crippen molar-refractivity contribution < 1.29 is 35.1 Å². The largest absolute Gasteiger partial charge is 0.394 e. The molecule has 0 saturated carbocycles. The van der Waals surface area contributed by atoms with Crippen molar-refractivity contribution in [2.45, 2.75) is 141 Å². The minimum absolute atomic E-state index is 0.0465. The summed E-state index contributed by atoms with van der Waals surface area (Å²) >= 11 is 0. The Kier molecular flexibility index (Phi) is 16.3. The van der Waals surface area contributed by atoms with Crippen LogP contribution in [0.2, 0.25) is 0 Å². The van der Waals surface area contributed by atoms with E-state index in [1.807, 2.05) is 13.8 Å². The molecule has 248 valence electrons. The molecular formula is C31H61N3O7S. The van der Waals surface area contributed by atoms with Gasteiger partial charge in [0.15, 0.2) is 5.78 Å². The Labute approximate surface area is 256 Å². The molecule has 1 rings (SSSR count). The number of aliphatic hydroxyl groups is 5. The summed E-state index contributed by atoms with van der Waals surface area (Å²) in [6.45, 7) is 15.3. The van der Waals surface area contributed by atoms with Crippen molar-refractivity contribution in [2.24, 2.45) is 11.8 Å². The predicted molar refractivity (Wildman–Crippen MR) is 172 cm³/mol. The molecule has 1 amide bonds. The van der Waals surface area contributed by atoms with Crippen molar-refractivity contribution in [1.82, 2.24) is 16.0 Å². The number of amides is 1. The lowest BCUT2D eigenvalue weighted by molar-refractivity contribution is -0.131. The third-order valence-corrected chi connectivity index (χ3v) is 11.3. The zero-order valence-electron chi connectivity index (χ0n) is 27.4. The molecule has 1 aliphatic rings. The van der Waals surface area contributed by atoms with Gasteiger partial charge in [-0.1, -0.05) is 41.5 Å². The molecule has 9 atom stereocenters. The number of rotatable bonds is 22. The third kappa shape index (κ3) is 10.9. The van der Waals surface area contributed by atoms with E-state index in [0.717, 1.165) is 19.3 Å². The molecule has 42 heavy (non-hydrogen) atoms. The standard InChI is InChI=1S/C31H61N3O7S/c1-10-30(8,11-2)34-23(15-20(6)29(41)32-16-24(36)26(38)27(39)25(37)17-35)28(40)31(12-3,13-4)33-21(7)19(5)14-22-18-42(22)9/h19-21,23-27,33-39H,10-18H2,1-9H3,(H,32,41). The van der Waals surface area contributed by atoms with Crippen LogP contribution in [0.15, 0.2) is 0 Å². The van der Waals surface area contributed by atoms with Gasteiger partial charge in [0.2, 0.25) is 5.91 Å². The zero-order chi connectivity index (χ0) is 32.4. The lowest BCUT2D eigenvalue weighted by Gasteiger charge is -2.42. The Balaban J connectivity index is 3.09. The van der Waals surface area contributed by atoms with Gasteiger partial charge >= 0.3 is 0 Å². The highest BCUT2D eigenvalue weighted by atomic mass is 32.2. The SMILES string of the molecule is CCC(C)(CC)NC(CC(C)C(=O)NCC(O)C(O)C(O)C(O)CO)C(=O)C(CC)(CC)NC(C)C(C)CC1=S(C)C1. The summed E-state index contributed by atoms with van der Waals surface area (Å²) in [6, 6.07) is -0.460. The maximum absolute atomic E-state index is 14.5. The molecule has 0 saturated heterocycles. The van der Waals surface area contributed by atoms with E-state index in [2.05, 4.69) is 56.8 Å². The van der Waals surface area contributed by atoms with Gasteiger partial charge < -0.3 is 41.5 Å². The Morgan fingerprint density at radius 1 is 0.905 bits per heavy atom. The van der Waals surface area contributed by atoms with Crippen molar-refractivity contribution >= 4 is 27.0 Å². The molecule has 1 aliphatic heterocycles. The van der Waals surface area contributed by atoms with Gasteiger partial charge in [-0.2, -0.15) is 10.5 Å². The average Bonchev–Trinajstić information content (AvgIpc) is 3.69. The van der Waals surface area contributed by atoms with Crippen LogP contribution in [-0.4, -0.2) is 115 Å². The first-order valence-corrected chi connectivity index (χ1v) is 17.5. The van der Waals surface area contributed by atoms with Gasteiger partial charge in [0.25, 0.3) is 0 Å². The van der Waals surface area contributed by atoms with Crippen LogP contribution in [0.5, 0.6) is 0 Å². The van der Waals surface area contributed by atoms with Crippen molar-refractivity contribution in [3.63, 3.8) is 0 Å². The highest BCUT2D eigenvalue weighted by Gasteiger charge is 2.43. The molecule has 0 aromatic carbocycles. The summed E-state index contributed by atoms with van der Waals surface area (Å²) in [5, 5.41) is 58.6. The first-order valence-electron chi connectivity index (χ1n) is 15.7. The highest BCUT2D eigenvalue weighted by molar-refractivity contribution is 8.23. The minimum atomic E-state index is -1.77. The van der Waals surface area contributed by atoms with E-state index in [-0.39, 0.29) is 30.3 Å². The van der Waals surface area contributed by atoms with Crippen LogP contribution < -0.4 is 16.0 Å². The number of ketones is 1. The van der Waals surface area contributed by atoms with Crippen LogP contribution >= 0.6 is 10.5 Å². The number of carbonyl (C=O) groups excluding carboxylic acids is 2. The highest BCUT2D eigenvalue weighted by Crippen LogP contribution is 2.32. The molecule has 0 radical (unpaired) electrons. The molecule has 11 heteroatoms. The molecule has 1 heterocycles. The van der Waals surface area contributed by atoms with E-state index >= 15 is 0 Å². The quantitative estimate of drug-likeness (QED) is 0.0833. The summed E-state index contributed by atoms with van der Waals surface area (Å²) in [5.74, 6) is 0.665. The second-order valence-electron chi connectivity index (χ2n) is 12.7. The summed E-state index contributed by atoms with van der Waals surface area (Å²) in [7, 11) is 0.444. The number of carbonyl (C=O) groups is 2. The van der Waals surface area contributed by atoms with Crippen LogP contribution in [0.4, 0.5) is 0 Å². The first kappa shape index (κ1) is 39.1. The Hall–Kier alpha value is -0.920. The topological polar surface area (TPSA) is 171 Å². The van der Waals surface area contributed by atoms with E-state index in [1.54, 1.807) is 11.8 Å². The predicted octanol–water partition coefficient (Wildman–Crippen LogP) is 1.32. The van der Waals surface area contributed by atoms with Gasteiger partial charge in [0, 0.05) is 29.8 Å². The number of Topliss-reactive ketones (excluding diaryl/α,β-unsaturated/α-hetero) is 1. The van der Waals surface area contributed by atoms with Crippen LogP contribution in [0.3, 0.4) is 0 Å². The van der Waals surface area contributed by atoms with E-state index in [0.29, 0.717) is 29.2 Å². The Bertz CT molecular complexity index is 894. The number of hydrogen-bond acceptors (Lipinski definition) is 9. The Morgan fingerprint density at radius 2 is 1.43 bits per heavy atom. The second-order valence-corrected chi connectivity index (χ2v) is 14.9. The van der Waals surface area contributed by atoms with Gasteiger partial charge in [-0.15, -0.1) is 0 Å². The maximum Gasteiger partial charge on any atom is 0.222 e. The molecule has 9 unspecified atom stereocenters. The third-order valence-electron chi connectivity index (χ3n) is 9.61. The smallest absolute Gasteiger partial charge is 0.222 e. The monoisotopic (exact) mass is 619 g/mol. The second kappa shape index (κ2) is 17.5. The summed E-state index contributed by atoms with van der Waals surface area (Å²) in [6.07, 6.45) is -0.260. The van der Waals surface area contributed by atoms with Crippen molar-refractivity contribution in [3.8, 4) is 0 Å². The van der Waals surface area contributed by atoms with Crippen molar-refractivity contribution in [3.05, 3.63) is 0 Å². The molecule has 0 spiro atoms. The lowest BCUT2D eigenvalue weighted by atomic mass is 9.79. The van der Waals surface area contributed by atoms with Crippen LogP contribution in [-0.2, 0) is 9.59 Å². The molecular weight excluding hydrogens is 558 g/mol. The average molecular weight is 620 g/mol. The van der Waals surface area contributed by atoms with Crippen LogP contribution in [0.1, 0.15) is 93.9 Å². The molecule has 0 aromatic heterocycles. The van der Waals surface area contributed by atoms with Crippen LogP contribution in [0.25, 0.3) is 0 Å². The van der Waals surface area contributed by atoms with Gasteiger partial charge in [-0.25, -0.2) is 0 Å². The summed E-state index contributed by atoms with van der Waals surface area (Å²) < 4.78 is 0. The molecule has 0 fully saturated rings. The first-order chi connectivity index (χ1) is 19.5. The molecule has 0 aromatic rings. The van der Waals surface area contributed by atoms with Crippen molar-refractivity contribution in [2.75, 3.05) is 25.2 Å². The number of nitrogens with one attached hydrogen (secondary N) is 3. The summed E-state index contributed by atoms with van der Waals surface area (Å²) in [5.41, 5.74) is -1.05. The fourth-order valence-corrected chi connectivity index (χ4v) is 6.81. The van der Waals surface area contributed by atoms with E-state index in [9.17, 15) is 30.0 Å². The maximum atomic E-state index is 14.5. The van der Waals surface area contributed by atoms with Gasteiger partial charge in [0.05, 0.1) is 24.3 Å². The van der Waals surface area contributed by atoms with Crippen LogP contribution in [0, 0.1) is 11.8 Å². The van der Waals surface area contributed by atoms with E-state index in [1.165, 1.54) is 5.75 Å². The molecule has 0 bridgehead atoms. The van der Waals surface area contributed by atoms with Crippen molar-refractivity contribution in [1.29, 1.82) is 0 Å². The zero-order valence-corrected chi connectivity index (χ0v) is 28.3. The molecule has 8 N–H and O–H groups in total. The molecule has 0 aliphatic carbocycles. The minimum Gasteiger partial charge on any atom is -0.394 e. The fourth-order valence-electron chi connectivity index (χ4n) is 5.36. The fraction of sp³-hybridized carbons (Fsp3) is 0.903. The Morgan fingerprint density at radius 3 is 1.88 bits per heavy atom. The number of hydrogen-bond donors (Lipinski definition) is 8. The van der Waals surface area contributed by atoms with Gasteiger partial charge in [0.1, 0.15) is 18.3 Å². The molecule has 10 nitrogen and oxygen atoms in total. The number of aliphatic hydroxyl groups excluding tert-OH is 5. The lowest BCUT2D eigenvalue weighted by Crippen LogP contribution is -2.63. The van der Waals surface area contributed by atoms with Gasteiger partial charge in [-0.05, 0) is 69.4 Å². The van der Waals surface area contributed by atoms with Gasteiger partial charge in [-0.3, -0.25) is 9.59 Å². The van der Waals surface area contributed by atoms with E-state index in [4.69, 9.17) is 5.11 Å². The normalized spacial score (nSPS) is 21.6. The van der Waals surface area contributed by atoms with E-state index < -0.39 is 54.4 Å². The summed E-state index contributed by atoms with van der Waals surface area (Å²) in [4.78, 5) is 29.2.